The molecule has 130 valence electrons. The molecule has 6 heteroatoms. The molecule has 3 amide bonds. The molecule has 0 aliphatic carbocycles. The van der Waals surface area contributed by atoms with E-state index in [0.29, 0.717) is 17.7 Å². The van der Waals surface area contributed by atoms with Gasteiger partial charge in [-0.25, -0.2) is 0 Å². The first-order valence-corrected chi connectivity index (χ1v) is 9.16. The number of hydrogen-bond donors (Lipinski definition) is 0. The van der Waals surface area contributed by atoms with E-state index < -0.39 is 5.91 Å². The molecule has 1 saturated heterocycles. The van der Waals surface area contributed by atoms with Crippen LogP contribution in [-0.4, -0.2) is 28.5 Å². The molecule has 5 nitrogen and oxygen atoms in total. The van der Waals surface area contributed by atoms with Gasteiger partial charge in [-0.05, 0) is 30.3 Å². The molecule has 2 aromatic rings. The number of imide groups is 1. The number of likely N-dealkylation sites (N-methyl/N-ethyl adjacent to an activating group) is 1. The van der Waals surface area contributed by atoms with Gasteiger partial charge in [0.25, 0.3) is 17.1 Å². The Morgan fingerprint density at radius 2 is 1.54 bits per heavy atom. The summed E-state index contributed by atoms with van der Waals surface area (Å²) < 4.78 is 0. The van der Waals surface area contributed by atoms with Gasteiger partial charge in [0.05, 0.1) is 22.7 Å². The van der Waals surface area contributed by atoms with Crippen molar-refractivity contribution in [2.75, 3.05) is 11.4 Å². The fourth-order valence-corrected chi connectivity index (χ4v) is 4.19. The van der Waals surface area contributed by atoms with Gasteiger partial charge in [0.15, 0.2) is 0 Å². The second kappa shape index (κ2) is 6.46. The molecule has 0 atom stereocenters. The van der Waals surface area contributed by atoms with E-state index in [9.17, 15) is 14.4 Å². The monoisotopic (exact) mass is 364 g/mol. The Kier molecular flexibility index (Phi) is 4.12. The number of hydrogen-bond acceptors (Lipinski definition) is 4. The molecule has 26 heavy (non-hydrogen) atoms. The summed E-state index contributed by atoms with van der Waals surface area (Å²) in [5.74, 6) is -0.626. The number of amides is 3. The molecule has 0 radical (unpaired) electrons. The largest absolute Gasteiger partial charge is 0.308 e. The molecule has 0 aromatic heterocycles. The normalized spacial score (nSPS) is 19.5. The highest BCUT2D eigenvalue weighted by atomic mass is 32.2. The van der Waals surface area contributed by atoms with Crippen molar-refractivity contribution in [1.82, 2.24) is 4.90 Å². The molecule has 2 aliphatic rings. The highest BCUT2D eigenvalue weighted by Gasteiger charge is 2.42. The lowest BCUT2D eigenvalue weighted by Crippen LogP contribution is -2.29. The van der Waals surface area contributed by atoms with Crippen molar-refractivity contribution in [2.24, 2.45) is 0 Å². The quantitative estimate of drug-likeness (QED) is 0.780. The summed E-state index contributed by atoms with van der Waals surface area (Å²) in [7, 11) is 0. The maximum Gasteiger partial charge on any atom is 0.293 e. The standard InChI is InChI=1S/C20H16N2O3S/c1-2-21-15-11-7-6-10-14(15)16(18(21)23)17-19(24)22(20(25)26-17)12-13-8-4-3-5-9-13/h3-11H,2,12H2,1H3/b17-16-. The third-order valence-corrected chi connectivity index (χ3v) is 5.48. The van der Waals surface area contributed by atoms with Crippen molar-refractivity contribution >= 4 is 40.1 Å². The van der Waals surface area contributed by atoms with Gasteiger partial charge in [-0.3, -0.25) is 19.3 Å². The van der Waals surface area contributed by atoms with Gasteiger partial charge in [0.1, 0.15) is 0 Å². The van der Waals surface area contributed by atoms with E-state index in [1.54, 1.807) is 4.90 Å². The van der Waals surface area contributed by atoms with E-state index in [2.05, 4.69) is 0 Å². The summed E-state index contributed by atoms with van der Waals surface area (Å²) in [6.45, 7) is 2.60. The van der Waals surface area contributed by atoms with Crippen LogP contribution < -0.4 is 4.90 Å². The Labute approximate surface area is 155 Å². The molecule has 1 fully saturated rings. The van der Waals surface area contributed by atoms with Crippen molar-refractivity contribution < 1.29 is 14.4 Å². The fourth-order valence-electron chi connectivity index (χ4n) is 3.27. The first-order valence-electron chi connectivity index (χ1n) is 8.35. The van der Waals surface area contributed by atoms with Crippen LogP contribution in [0.25, 0.3) is 5.57 Å². The van der Waals surface area contributed by atoms with Crippen molar-refractivity contribution in [3.63, 3.8) is 0 Å². The number of nitrogens with zero attached hydrogens (tertiary/aromatic N) is 2. The minimum absolute atomic E-state index is 0.204. The molecule has 2 heterocycles. The van der Waals surface area contributed by atoms with Gasteiger partial charge >= 0.3 is 0 Å². The van der Waals surface area contributed by atoms with Crippen molar-refractivity contribution in [3.05, 3.63) is 70.6 Å². The highest BCUT2D eigenvalue weighted by molar-refractivity contribution is 8.18. The molecular formula is C20H16N2O3S. The fraction of sp³-hybridized carbons (Fsp3) is 0.150. The lowest BCUT2D eigenvalue weighted by molar-refractivity contribution is -0.123. The number of benzene rings is 2. The van der Waals surface area contributed by atoms with Crippen LogP contribution in [0, 0.1) is 0 Å². The lowest BCUT2D eigenvalue weighted by atomic mass is 10.1. The Bertz CT molecular complexity index is 953. The van der Waals surface area contributed by atoms with Gasteiger partial charge in [-0.1, -0.05) is 48.5 Å². The second-order valence-electron chi connectivity index (χ2n) is 6.02. The molecule has 0 N–H and O–H groups in total. The molecule has 0 unspecified atom stereocenters. The minimum Gasteiger partial charge on any atom is -0.308 e. The van der Waals surface area contributed by atoms with E-state index >= 15 is 0 Å². The average molecular weight is 364 g/mol. The summed E-state index contributed by atoms with van der Waals surface area (Å²) >= 11 is 0.848. The number of carbonyl (C=O) groups is 3. The Hall–Kier alpha value is -2.86. The smallest absolute Gasteiger partial charge is 0.293 e. The summed E-state index contributed by atoms with van der Waals surface area (Å²) in [6.07, 6.45) is 0. The highest BCUT2D eigenvalue weighted by Crippen LogP contribution is 2.44. The van der Waals surface area contributed by atoms with Crippen molar-refractivity contribution in [2.45, 2.75) is 13.5 Å². The summed E-state index contributed by atoms with van der Waals surface area (Å²) in [5.41, 5.74) is 2.70. The van der Waals surface area contributed by atoms with Gasteiger partial charge in [0, 0.05) is 12.1 Å². The molecule has 2 aliphatic heterocycles. The molecule has 0 saturated carbocycles. The number of anilines is 1. The molecular weight excluding hydrogens is 348 g/mol. The molecule has 0 spiro atoms. The Morgan fingerprint density at radius 1 is 0.846 bits per heavy atom. The minimum atomic E-state index is -0.403. The SMILES string of the molecule is CCN1C(=O)/C(=C2\SC(=O)N(Cc3ccccc3)C2=O)c2ccccc21. The maximum atomic E-state index is 12.9. The Morgan fingerprint density at radius 3 is 2.27 bits per heavy atom. The molecule has 2 aromatic carbocycles. The predicted molar refractivity (Wildman–Crippen MR) is 101 cm³/mol. The zero-order valence-electron chi connectivity index (χ0n) is 14.1. The van der Waals surface area contributed by atoms with Crippen LogP contribution in [0.4, 0.5) is 10.5 Å². The number of carbonyl (C=O) groups excluding carboxylic acids is 3. The number of fused-ring (bicyclic) bond motifs is 1. The van der Waals surface area contributed by atoms with Crippen LogP contribution in [0.1, 0.15) is 18.1 Å². The van der Waals surface area contributed by atoms with E-state index in [-0.39, 0.29) is 22.6 Å². The van der Waals surface area contributed by atoms with Crippen LogP contribution in [0.5, 0.6) is 0 Å². The summed E-state index contributed by atoms with van der Waals surface area (Å²) in [6, 6.07) is 16.7. The van der Waals surface area contributed by atoms with Crippen molar-refractivity contribution in [1.29, 1.82) is 0 Å². The number of rotatable bonds is 3. The third kappa shape index (κ3) is 2.54. The molecule has 4 rings (SSSR count). The first-order chi connectivity index (χ1) is 12.6. The van der Waals surface area contributed by atoms with Crippen LogP contribution in [0.15, 0.2) is 59.5 Å². The second-order valence-corrected chi connectivity index (χ2v) is 6.98. The zero-order valence-corrected chi connectivity index (χ0v) is 15.0. The van der Waals surface area contributed by atoms with Gasteiger partial charge in [-0.15, -0.1) is 0 Å². The predicted octanol–water partition coefficient (Wildman–Crippen LogP) is 3.66. The van der Waals surface area contributed by atoms with Crippen LogP contribution in [0.3, 0.4) is 0 Å². The number of thioether (sulfide) groups is 1. The third-order valence-electron chi connectivity index (χ3n) is 4.50. The van der Waals surface area contributed by atoms with Gasteiger partial charge in [-0.2, -0.15) is 0 Å². The van der Waals surface area contributed by atoms with E-state index in [4.69, 9.17) is 0 Å². The van der Waals surface area contributed by atoms with Crippen LogP contribution in [-0.2, 0) is 16.1 Å². The summed E-state index contributed by atoms with van der Waals surface area (Å²) in [4.78, 5) is 41.3. The molecule has 0 bridgehead atoms. The number of para-hydroxylation sites is 1. The average Bonchev–Trinajstić information content (AvgIpc) is 3.09. The van der Waals surface area contributed by atoms with Crippen LogP contribution in [0.2, 0.25) is 0 Å². The van der Waals surface area contributed by atoms with E-state index in [1.165, 1.54) is 4.90 Å². The maximum absolute atomic E-state index is 12.9. The summed E-state index contributed by atoms with van der Waals surface area (Å²) in [5, 5.41) is -0.346. The first kappa shape index (κ1) is 16.6. The van der Waals surface area contributed by atoms with E-state index in [0.717, 1.165) is 23.0 Å². The van der Waals surface area contributed by atoms with Crippen LogP contribution >= 0.6 is 11.8 Å². The van der Waals surface area contributed by atoms with Gasteiger partial charge in [0.2, 0.25) is 0 Å². The van der Waals surface area contributed by atoms with Gasteiger partial charge < -0.3 is 4.90 Å². The topological polar surface area (TPSA) is 57.7 Å². The Balaban J connectivity index is 1.75. The van der Waals surface area contributed by atoms with Crippen molar-refractivity contribution in [3.8, 4) is 0 Å². The lowest BCUT2D eigenvalue weighted by Gasteiger charge is -2.13. The van der Waals surface area contributed by atoms with E-state index in [1.807, 2.05) is 61.5 Å². The zero-order chi connectivity index (χ0) is 18.3.